The van der Waals surface area contributed by atoms with Crippen molar-refractivity contribution in [2.24, 2.45) is 0 Å². The van der Waals surface area contributed by atoms with Gasteiger partial charge in [0.25, 0.3) is 0 Å². The SMILES string of the molecule is COOOC.OCCOCCOCCOCCO. The lowest BCUT2D eigenvalue weighted by molar-refractivity contribution is -0.491. The van der Waals surface area contributed by atoms with Crippen LogP contribution in [0.2, 0.25) is 0 Å². The lowest BCUT2D eigenvalue weighted by atomic mass is 10.7. The third kappa shape index (κ3) is 24.8. The van der Waals surface area contributed by atoms with Crippen molar-refractivity contribution in [3.05, 3.63) is 0 Å². The van der Waals surface area contributed by atoms with Crippen LogP contribution in [0.5, 0.6) is 0 Å². The first-order valence-corrected chi connectivity index (χ1v) is 5.51. The second-order valence-electron chi connectivity index (χ2n) is 2.69. The topological polar surface area (TPSA) is 95.8 Å². The van der Waals surface area contributed by atoms with Gasteiger partial charge in [0.2, 0.25) is 0 Å². The molecule has 8 heteroatoms. The van der Waals surface area contributed by atoms with Gasteiger partial charge in [-0.3, -0.25) is 0 Å². The van der Waals surface area contributed by atoms with E-state index in [1.165, 1.54) is 14.2 Å². The van der Waals surface area contributed by atoms with Crippen molar-refractivity contribution in [1.82, 2.24) is 0 Å². The zero-order valence-corrected chi connectivity index (χ0v) is 11.0. The second-order valence-corrected chi connectivity index (χ2v) is 2.69. The van der Waals surface area contributed by atoms with Crippen LogP contribution in [0.4, 0.5) is 0 Å². The minimum absolute atomic E-state index is 0.0413. The van der Waals surface area contributed by atoms with Crippen molar-refractivity contribution in [1.29, 1.82) is 0 Å². The van der Waals surface area contributed by atoms with E-state index in [0.29, 0.717) is 39.6 Å². The lowest BCUT2D eigenvalue weighted by Gasteiger charge is -2.04. The van der Waals surface area contributed by atoms with Gasteiger partial charge in [0, 0.05) is 0 Å². The zero-order chi connectivity index (χ0) is 13.9. The number of rotatable bonds is 12. The fraction of sp³-hybridized carbons (Fsp3) is 1.00. The highest BCUT2D eigenvalue weighted by molar-refractivity contribution is 4.33. The fourth-order valence-corrected chi connectivity index (χ4v) is 0.739. The molecule has 0 fully saturated rings. The van der Waals surface area contributed by atoms with Crippen LogP contribution < -0.4 is 0 Å². The summed E-state index contributed by atoms with van der Waals surface area (Å²) in [5.74, 6) is 0. The molecule has 0 heterocycles. The summed E-state index contributed by atoms with van der Waals surface area (Å²) in [7, 11) is 2.73. The standard InChI is InChI=1S/C8H18O5.C2H6O3/c9-1-3-11-5-7-13-8-6-12-4-2-10;1-3-5-4-2/h9-10H,1-8H2;1-2H3. The van der Waals surface area contributed by atoms with Gasteiger partial charge in [0.1, 0.15) is 0 Å². The Kier molecular flexibility index (Phi) is 24.4. The summed E-state index contributed by atoms with van der Waals surface area (Å²) in [6.07, 6.45) is 0. The van der Waals surface area contributed by atoms with Crippen LogP contribution in [-0.4, -0.2) is 77.3 Å². The highest BCUT2D eigenvalue weighted by atomic mass is 17.5. The molecule has 0 aromatic carbocycles. The summed E-state index contributed by atoms with van der Waals surface area (Å²) in [6.45, 7) is 2.76. The Hall–Kier alpha value is -0.320. The number of hydrogen-bond donors (Lipinski definition) is 2. The summed E-state index contributed by atoms with van der Waals surface area (Å²) in [5, 5.41) is 20.5. The van der Waals surface area contributed by atoms with Gasteiger partial charge in [-0.2, -0.15) is 0 Å². The highest BCUT2D eigenvalue weighted by Crippen LogP contribution is 1.80. The molecule has 2 N–H and O–H groups in total. The summed E-state index contributed by atoms with van der Waals surface area (Å²) >= 11 is 0. The molecule has 0 aliphatic heterocycles. The Balaban J connectivity index is 0. The van der Waals surface area contributed by atoms with Crippen molar-refractivity contribution in [3.63, 3.8) is 0 Å². The van der Waals surface area contributed by atoms with Crippen molar-refractivity contribution >= 4 is 0 Å². The molecule has 0 radical (unpaired) electrons. The molecule has 0 aromatic heterocycles. The fourth-order valence-electron chi connectivity index (χ4n) is 0.739. The zero-order valence-electron chi connectivity index (χ0n) is 11.0. The summed E-state index contributed by atoms with van der Waals surface area (Å²) < 4.78 is 15.0. The lowest BCUT2D eigenvalue weighted by Crippen LogP contribution is -2.11. The van der Waals surface area contributed by atoms with Gasteiger partial charge in [-0.25, -0.2) is 9.78 Å². The molecule has 0 saturated heterocycles. The molecule has 0 rings (SSSR count). The highest BCUT2D eigenvalue weighted by Gasteiger charge is 1.89. The number of aliphatic hydroxyl groups excluding tert-OH is 2. The van der Waals surface area contributed by atoms with Crippen LogP contribution in [0.3, 0.4) is 0 Å². The predicted molar refractivity (Wildman–Crippen MR) is 61.7 cm³/mol. The molecular formula is C10H24O8. The molecule has 0 atom stereocenters. The van der Waals surface area contributed by atoms with E-state index < -0.39 is 0 Å². The van der Waals surface area contributed by atoms with Gasteiger partial charge in [-0.15, -0.1) is 0 Å². The molecule has 18 heavy (non-hydrogen) atoms. The minimum Gasteiger partial charge on any atom is -0.394 e. The number of ether oxygens (including phenoxy) is 3. The Labute approximate surface area is 107 Å². The Morgan fingerprint density at radius 1 is 0.611 bits per heavy atom. The van der Waals surface area contributed by atoms with Crippen molar-refractivity contribution in [2.75, 3.05) is 67.1 Å². The maximum Gasteiger partial charge on any atom is 0.0744 e. The average Bonchev–Trinajstić information content (AvgIpc) is 2.39. The molecule has 0 bridgehead atoms. The molecule has 0 unspecified atom stereocenters. The van der Waals surface area contributed by atoms with Gasteiger partial charge in [-0.05, 0) is 0 Å². The van der Waals surface area contributed by atoms with Crippen LogP contribution in [0, 0.1) is 0 Å². The Bertz CT molecular complexity index is 112. The van der Waals surface area contributed by atoms with Crippen LogP contribution in [0.1, 0.15) is 0 Å². The van der Waals surface area contributed by atoms with E-state index in [9.17, 15) is 0 Å². The monoisotopic (exact) mass is 272 g/mol. The van der Waals surface area contributed by atoms with E-state index in [1.807, 2.05) is 0 Å². The smallest absolute Gasteiger partial charge is 0.0744 e. The van der Waals surface area contributed by atoms with Crippen LogP contribution in [0.15, 0.2) is 0 Å². The largest absolute Gasteiger partial charge is 0.394 e. The molecule has 8 nitrogen and oxygen atoms in total. The van der Waals surface area contributed by atoms with Gasteiger partial charge in [-0.1, -0.05) is 5.04 Å². The van der Waals surface area contributed by atoms with E-state index in [-0.39, 0.29) is 13.2 Å². The molecule has 0 aliphatic rings. The summed E-state index contributed by atoms with van der Waals surface area (Å²) in [6, 6.07) is 0. The third-order valence-electron chi connectivity index (χ3n) is 1.35. The molecule has 0 aliphatic carbocycles. The van der Waals surface area contributed by atoms with Crippen LogP contribution in [0.25, 0.3) is 0 Å². The van der Waals surface area contributed by atoms with Crippen molar-refractivity contribution in [2.45, 2.75) is 0 Å². The number of hydrogen-bond acceptors (Lipinski definition) is 8. The van der Waals surface area contributed by atoms with Crippen molar-refractivity contribution in [3.8, 4) is 0 Å². The number of aliphatic hydroxyl groups is 2. The molecule has 112 valence electrons. The molecule has 0 amide bonds. The van der Waals surface area contributed by atoms with Gasteiger partial charge in [0.05, 0.1) is 67.1 Å². The quantitative estimate of drug-likeness (QED) is 0.269. The maximum atomic E-state index is 8.36. The molecule has 0 saturated carbocycles. The minimum atomic E-state index is 0.0413. The Morgan fingerprint density at radius 2 is 0.944 bits per heavy atom. The third-order valence-corrected chi connectivity index (χ3v) is 1.35. The first kappa shape index (κ1) is 20.0. The first-order valence-electron chi connectivity index (χ1n) is 5.51. The van der Waals surface area contributed by atoms with Gasteiger partial charge >= 0.3 is 0 Å². The van der Waals surface area contributed by atoms with Gasteiger partial charge < -0.3 is 24.4 Å². The maximum absolute atomic E-state index is 8.36. The normalized spacial score (nSPS) is 10.0. The van der Waals surface area contributed by atoms with Crippen LogP contribution in [-0.2, 0) is 29.0 Å². The average molecular weight is 272 g/mol. The Morgan fingerprint density at radius 3 is 1.17 bits per heavy atom. The molecule has 0 aromatic rings. The second kappa shape index (κ2) is 21.9. The first-order chi connectivity index (χ1) is 8.83. The molecular weight excluding hydrogens is 248 g/mol. The van der Waals surface area contributed by atoms with E-state index in [4.69, 9.17) is 24.4 Å². The van der Waals surface area contributed by atoms with E-state index >= 15 is 0 Å². The van der Waals surface area contributed by atoms with Crippen LogP contribution >= 0.6 is 0 Å². The predicted octanol–water partition coefficient (Wildman–Crippen LogP) is -0.853. The summed E-state index contributed by atoms with van der Waals surface area (Å²) in [4.78, 5) is 7.94. The molecule has 0 spiro atoms. The van der Waals surface area contributed by atoms with E-state index in [2.05, 4.69) is 14.8 Å². The van der Waals surface area contributed by atoms with E-state index in [1.54, 1.807) is 0 Å². The summed E-state index contributed by atoms with van der Waals surface area (Å²) in [5.41, 5.74) is 0. The van der Waals surface area contributed by atoms with Gasteiger partial charge in [0.15, 0.2) is 0 Å². The van der Waals surface area contributed by atoms with Crippen molar-refractivity contribution < 1.29 is 39.2 Å². The van der Waals surface area contributed by atoms with E-state index in [0.717, 1.165) is 0 Å².